The molecule has 0 amide bonds. The fourth-order valence-electron chi connectivity index (χ4n) is 3.56. The normalized spacial score (nSPS) is 24.8. The molecule has 7 nitrogen and oxygen atoms in total. The van der Waals surface area contributed by atoms with Gasteiger partial charge in [0, 0.05) is 6.54 Å². The van der Waals surface area contributed by atoms with Gasteiger partial charge in [0.15, 0.2) is 11.9 Å². The van der Waals surface area contributed by atoms with Crippen LogP contribution in [0, 0.1) is 0 Å². The van der Waals surface area contributed by atoms with E-state index in [-0.39, 0.29) is 0 Å². The zero-order valence-electron chi connectivity index (χ0n) is 19.1. The predicted octanol–water partition coefficient (Wildman–Crippen LogP) is 3.64. The number of hydrogen-bond donors (Lipinski definition) is 3. The van der Waals surface area contributed by atoms with E-state index in [0.717, 1.165) is 28.8 Å². The van der Waals surface area contributed by atoms with Crippen LogP contribution in [0.1, 0.15) is 32.9 Å². The lowest BCUT2D eigenvalue weighted by atomic mass is 10.1. The minimum absolute atomic E-state index is 0.429. The second-order valence-electron chi connectivity index (χ2n) is 8.82. The topological polar surface area (TPSA) is 92.4 Å². The van der Waals surface area contributed by atoms with E-state index in [1.807, 2.05) is 12.3 Å². The molecular formula is C22H35N4O3PS. The number of imidazole rings is 1. The third-order valence-corrected chi connectivity index (χ3v) is 7.74. The Morgan fingerprint density at radius 3 is 2.77 bits per heavy atom. The highest BCUT2D eigenvalue weighted by Crippen LogP contribution is 2.40. The van der Waals surface area contributed by atoms with Gasteiger partial charge in [-0.3, -0.25) is 4.57 Å². The van der Waals surface area contributed by atoms with Gasteiger partial charge in [0.25, 0.3) is 0 Å². The van der Waals surface area contributed by atoms with Gasteiger partial charge in [-0.15, -0.1) is 24.9 Å². The van der Waals surface area contributed by atoms with Crippen LogP contribution in [-0.2, 0) is 4.74 Å². The molecule has 3 rings (SSSR count). The largest absolute Gasteiger partial charge is 0.388 e. The smallest absolute Gasteiger partial charge is 0.165 e. The number of fused-ring (bicyclic) bond motifs is 1. The van der Waals surface area contributed by atoms with Crippen LogP contribution < -0.4 is 5.32 Å². The molecule has 1 aliphatic heterocycles. The number of thioether (sulfide) groups is 1. The molecular weight excluding hydrogens is 431 g/mol. The van der Waals surface area contributed by atoms with E-state index in [1.165, 1.54) is 5.57 Å². The van der Waals surface area contributed by atoms with Crippen LogP contribution in [0.4, 0.5) is 5.69 Å². The summed E-state index contributed by atoms with van der Waals surface area (Å²) in [5.74, 6) is 0. The third-order valence-electron chi connectivity index (χ3n) is 5.65. The van der Waals surface area contributed by atoms with E-state index in [2.05, 4.69) is 49.9 Å². The fourth-order valence-corrected chi connectivity index (χ4v) is 4.93. The lowest BCUT2D eigenvalue weighted by Gasteiger charge is -2.18. The highest BCUT2D eigenvalue weighted by atomic mass is 32.2. The van der Waals surface area contributed by atoms with Crippen molar-refractivity contribution in [2.75, 3.05) is 37.6 Å². The zero-order valence-corrected chi connectivity index (χ0v) is 20.8. The molecule has 3 heterocycles. The van der Waals surface area contributed by atoms with Gasteiger partial charge < -0.3 is 20.3 Å². The summed E-state index contributed by atoms with van der Waals surface area (Å²) < 4.78 is 7.85. The van der Waals surface area contributed by atoms with Crippen LogP contribution in [0.3, 0.4) is 0 Å². The third kappa shape index (κ3) is 5.74. The average Bonchev–Trinajstić information content (AvgIpc) is 3.27. The quantitative estimate of drug-likeness (QED) is 0.295. The Labute approximate surface area is 189 Å². The first-order valence-corrected chi connectivity index (χ1v) is 14.9. The van der Waals surface area contributed by atoms with Crippen molar-refractivity contribution in [3.05, 3.63) is 24.0 Å². The molecule has 4 atom stereocenters. The van der Waals surface area contributed by atoms with Gasteiger partial charge in [0.2, 0.25) is 0 Å². The molecule has 0 spiro atoms. The minimum atomic E-state index is -1.24. The maximum absolute atomic E-state index is 10.7. The first-order chi connectivity index (χ1) is 14.6. The summed E-state index contributed by atoms with van der Waals surface area (Å²) in [5.41, 5.74) is 3.57. The Morgan fingerprint density at radius 2 is 2.13 bits per heavy atom. The molecule has 1 unspecified atom stereocenters. The predicted molar refractivity (Wildman–Crippen MR) is 133 cm³/mol. The fraction of sp³-hybridized carbons (Fsp3) is 0.591. The van der Waals surface area contributed by atoms with Gasteiger partial charge in [0.1, 0.15) is 22.8 Å². The molecule has 0 saturated carbocycles. The van der Waals surface area contributed by atoms with Gasteiger partial charge in [-0.25, -0.2) is 9.97 Å². The zero-order chi connectivity index (χ0) is 22.8. The van der Waals surface area contributed by atoms with E-state index in [1.54, 1.807) is 22.7 Å². The number of hydrogen-bond acceptors (Lipinski definition) is 7. The van der Waals surface area contributed by atoms with E-state index in [4.69, 9.17) is 9.72 Å². The molecule has 1 saturated heterocycles. The van der Waals surface area contributed by atoms with Gasteiger partial charge in [-0.1, -0.05) is 18.6 Å². The van der Waals surface area contributed by atoms with Gasteiger partial charge in [-0.2, -0.15) is 0 Å². The Morgan fingerprint density at radius 1 is 1.39 bits per heavy atom. The van der Waals surface area contributed by atoms with Gasteiger partial charge in [0.05, 0.1) is 18.1 Å². The first kappa shape index (κ1) is 24.3. The summed E-state index contributed by atoms with van der Waals surface area (Å²) in [7, 11) is 0. The molecule has 172 valence electrons. The monoisotopic (exact) mass is 466 g/mol. The number of anilines is 1. The number of rotatable bonds is 9. The molecule has 0 radical (unpaired) electrons. The number of allylic oxidation sites excluding steroid dienone is 1. The summed E-state index contributed by atoms with van der Waals surface area (Å²) in [5, 5.41) is 25.6. The number of aliphatic hydroxyl groups excluding tert-OH is 2. The van der Waals surface area contributed by atoms with Crippen molar-refractivity contribution in [2.24, 2.45) is 0 Å². The van der Waals surface area contributed by atoms with E-state index in [9.17, 15) is 10.2 Å². The first-order valence-electron chi connectivity index (χ1n) is 10.6. The van der Waals surface area contributed by atoms with Crippen LogP contribution in [0.2, 0.25) is 0 Å². The number of nitrogens with one attached hydrogen (secondary N) is 1. The molecule has 9 heteroatoms. The summed E-state index contributed by atoms with van der Waals surface area (Å²) in [6.45, 7) is 8.03. The Kier molecular flexibility index (Phi) is 7.92. The number of aliphatic hydroxyl groups is 2. The standard InChI is InChI=1S/C22H35N4O3PS/c1-7-14(2)8-10-23-15-12-17(31-6)25-21-18(15)24-13-26(21)22-20(28)19(27)16(29-22)9-11-30(3,4)5/h8,12-13,16,19-20,22,27-28H,3,7,9-11H2,1-2,4-6H3,(H,23,25)/b14-8-/t16-,19-,20-,22?/m1/s1. The molecule has 2 aromatic heterocycles. The van der Waals surface area contributed by atoms with Gasteiger partial charge in [-0.05, 0) is 51.6 Å². The van der Waals surface area contributed by atoms with E-state index in [0.29, 0.717) is 18.6 Å². The molecule has 1 fully saturated rings. The molecule has 3 N–H and O–H groups in total. The molecule has 0 aliphatic carbocycles. The van der Waals surface area contributed by atoms with Crippen molar-refractivity contribution >= 4 is 41.8 Å². The second-order valence-corrected chi connectivity index (χ2v) is 14.0. The van der Waals surface area contributed by atoms with Gasteiger partial charge >= 0.3 is 0 Å². The van der Waals surface area contributed by atoms with Crippen molar-refractivity contribution < 1.29 is 14.9 Å². The van der Waals surface area contributed by atoms with E-state index < -0.39 is 31.4 Å². The summed E-state index contributed by atoms with van der Waals surface area (Å²) >= 11 is 1.55. The summed E-state index contributed by atoms with van der Waals surface area (Å²) in [6, 6.07) is 1.99. The number of nitrogens with zero attached hydrogens (tertiary/aromatic N) is 3. The number of ether oxygens (including phenoxy) is 1. The lowest BCUT2D eigenvalue weighted by molar-refractivity contribution is -0.0353. The van der Waals surface area contributed by atoms with E-state index >= 15 is 0 Å². The SMILES string of the molecule is C=P(C)(C)CC[C@H]1OC(n2cnc3c(NC/C=C(/C)CC)cc(SC)nc32)[C@H](O)[C@@H]1O. The molecule has 31 heavy (non-hydrogen) atoms. The summed E-state index contributed by atoms with van der Waals surface area (Å²) in [4.78, 5) is 9.28. The van der Waals surface area contributed by atoms with Crippen LogP contribution in [-0.4, -0.2) is 81.7 Å². The molecule has 2 aromatic rings. The highest BCUT2D eigenvalue weighted by Gasteiger charge is 2.44. The number of aromatic nitrogens is 3. The maximum Gasteiger partial charge on any atom is 0.165 e. The van der Waals surface area contributed by atoms with Crippen molar-refractivity contribution in [3.8, 4) is 0 Å². The second kappa shape index (κ2) is 10.1. The maximum atomic E-state index is 10.7. The highest BCUT2D eigenvalue weighted by molar-refractivity contribution is 7.98. The Balaban J connectivity index is 1.89. The van der Waals surface area contributed by atoms with Crippen molar-refractivity contribution in [3.63, 3.8) is 0 Å². The molecule has 0 bridgehead atoms. The lowest BCUT2D eigenvalue weighted by Crippen LogP contribution is -2.31. The van der Waals surface area contributed by atoms with Crippen LogP contribution in [0.15, 0.2) is 29.1 Å². The Bertz CT molecular complexity index is 987. The average molecular weight is 467 g/mol. The van der Waals surface area contributed by atoms with Crippen LogP contribution >= 0.6 is 18.6 Å². The van der Waals surface area contributed by atoms with Crippen LogP contribution in [0.5, 0.6) is 0 Å². The summed E-state index contributed by atoms with van der Waals surface area (Å²) in [6.07, 6.45) is 9.45. The van der Waals surface area contributed by atoms with Crippen LogP contribution in [0.25, 0.3) is 11.2 Å². The molecule has 1 aliphatic rings. The van der Waals surface area contributed by atoms with Crippen molar-refractivity contribution in [2.45, 2.75) is 56.3 Å². The van der Waals surface area contributed by atoms with Crippen molar-refractivity contribution in [1.29, 1.82) is 0 Å². The van der Waals surface area contributed by atoms with Crippen molar-refractivity contribution in [1.82, 2.24) is 14.5 Å². The Hall–Kier alpha value is -1.31. The molecule has 0 aromatic carbocycles. The number of pyridine rings is 1. The minimum Gasteiger partial charge on any atom is -0.388 e.